The third-order valence-corrected chi connectivity index (χ3v) is 2.58. The molecular formula is C6H7ClOS. The molecule has 0 aromatic heterocycles. The molecule has 1 atom stereocenters. The van der Waals surface area contributed by atoms with Gasteiger partial charge in [-0.25, -0.2) is 0 Å². The van der Waals surface area contributed by atoms with E-state index < -0.39 is 0 Å². The Bertz CT molecular complexity index is 136. The van der Waals surface area contributed by atoms with Crippen molar-refractivity contribution in [3.63, 3.8) is 0 Å². The predicted molar refractivity (Wildman–Crippen MR) is 40.9 cm³/mol. The molecule has 0 bridgehead atoms. The summed E-state index contributed by atoms with van der Waals surface area (Å²) in [7, 11) is 0. The minimum atomic E-state index is 0.113. The highest BCUT2D eigenvalue weighted by molar-refractivity contribution is 8.03. The van der Waals surface area contributed by atoms with Gasteiger partial charge < -0.3 is 0 Å². The number of carbonyl (C=O) groups is 1. The standard InChI is InChI=1S/C6H7ClOS/c7-4-5(8)6-2-1-3-9-6/h1,3,6H,2,4H2. The Morgan fingerprint density at radius 3 is 3.11 bits per heavy atom. The van der Waals surface area contributed by atoms with Crippen molar-refractivity contribution in [2.75, 3.05) is 5.88 Å². The largest absolute Gasteiger partial charge is 0.297 e. The molecule has 0 fully saturated rings. The molecule has 0 amide bonds. The zero-order valence-corrected chi connectivity index (χ0v) is 6.41. The molecule has 1 heterocycles. The van der Waals surface area contributed by atoms with E-state index in [-0.39, 0.29) is 16.9 Å². The summed E-state index contributed by atoms with van der Waals surface area (Å²) in [5.74, 6) is 0.297. The van der Waals surface area contributed by atoms with Gasteiger partial charge in [0.2, 0.25) is 0 Å². The molecule has 0 aromatic rings. The lowest BCUT2D eigenvalue weighted by Gasteiger charge is -2.01. The van der Waals surface area contributed by atoms with Crippen LogP contribution in [0.4, 0.5) is 0 Å². The first-order valence-corrected chi connectivity index (χ1v) is 4.21. The monoisotopic (exact) mass is 162 g/mol. The maximum Gasteiger partial charge on any atom is 0.161 e. The van der Waals surface area contributed by atoms with Crippen LogP contribution >= 0.6 is 23.4 Å². The maximum atomic E-state index is 10.8. The normalized spacial score (nSPS) is 24.8. The Balaban J connectivity index is 2.36. The number of ketones is 1. The van der Waals surface area contributed by atoms with E-state index in [1.807, 2.05) is 11.5 Å². The average molecular weight is 163 g/mol. The summed E-state index contributed by atoms with van der Waals surface area (Å²) in [4.78, 5) is 10.8. The van der Waals surface area contributed by atoms with Crippen molar-refractivity contribution >= 4 is 29.1 Å². The van der Waals surface area contributed by atoms with Gasteiger partial charge in [0, 0.05) is 0 Å². The molecule has 1 nitrogen and oxygen atoms in total. The van der Waals surface area contributed by atoms with Crippen molar-refractivity contribution in [2.24, 2.45) is 0 Å². The number of hydrogen-bond donors (Lipinski definition) is 0. The number of hydrogen-bond acceptors (Lipinski definition) is 2. The fourth-order valence-electron chi connectivity index (χ4n) is 0.678. The van der Waals surface area contributed by atoms with E-state index >= 15 is 0 Å². The third-order valence-electron chi connectivity index (χ3n) is 1.18. The third kappa shape index (κ3) is 1.73. The molecule has 0 aromatic carbocycles. The molecule has 1 aliphatic rings. The Hall–Kier alpha value is 0.0500. The fourth-order valence-corrected chi connectivity index (χ4v) is 1.83. The lowest BCUT2D eigenvalue weighted by Crippen LogP contribution is -2.14. The van der Waals surface area contributed by atoms with Crippen molar-refractivity contribution in [3.05, 3.63) is 11.5 Å². The van der Waals surface area contributed by atoms with Crippen LogP contribution in [-0.4, -0.2) is 16.9 Å². The van der Waals surface area contributed by atoms with Gasteiger partial charge in [0.25, 0.3) is 0 Å². The van der Waals surface area contributed by atoms with Crippen LogP contribution in [0, 0.1) is 0 Å². The molecule has 0 spiro atoms. The van der Waals surface area contributed by atoms with Gasteiger partial charge in [-0.2, -0.15) is 0 Å². The molecule has 1 rings (SSSR count). The number of thioether (sulfide) groups is 1. The minimum absolute atomic E-state index is 0.113. The Morgan fingerprint density at radius 2 is 2.67 bits per heavy atom. The van der Waals surface area contributed by atoms with E-state index in [2.05, 4.69) is 0 Å². The molecule has 1 unspecified atom stereocenters. The van der Waals surface area contributed by atoms with Crippen LogP contribution in [0.25, 0.3) is 0 Å². The Morgan fingerprint density at radius 1 is 1.89 bits per heavy atom. The first-order valence-electron chi connectivity index (χ1n) is 2.73. The van der Waals surface area contributed by atoms with Gasteiger partial charge in [-0.05, 0) is 11.8 Å². The highest BCUT2D eigenvalue weighted by Gasteiger charge is 2.17. The molecule has 0 aliphatic carbocycles. The maximum absolute atomic E-state index is 10.8. The van der Waals surface area contributed by atoms with E-state index in [0.717, 1.165) is 6.42 Å². The number of rotatable bonds is 2. The summed E-state index contributed by atoms with van der Waals surface area (Å²) < 4.78 is 0. The van der Waals surface area contributed by atoms with E-state index in [4.69, 9.17) is 11.6 Å². The lowest BCUT2D eigenvalue weighted by molar-refractivity contribution is -0.116. The summed E-state index contributed by atoms with van der Waals surface area (Å²) in [6.45, 7) is 0. The number of Topliss-reactive ketones (excluding diaryl/α,β-unsaturated/α-hetero) is 1. The van der Waals surface area contributed by atoms with Gasteiger partial charge in [0.05, 0.1) is 11.1 Å². The van der Waals surface area contributed by atoms with E-state index in [1.54, 1.807) is 11.8 Å². The number of allylic oxidation sites excluding steroid dienone is 1. The van der Waals surface area contributed by atoms with Crippen molar-refractivity contribution in [1.82, 2.24) is 0 Å². The van der Waals surface area contributed by atoms with Crippen LogP contribution in [0.1, 0.15) is 6.42 Å². The second-order valence-corrected chi connectivity index (χ2v) is 3.21. The zero-order chi connectivity index (χ0) is 6.69. The molecule has 50 valence electrons. The van der Waals surface area contributed by atoms with E-state index in [9.17, 15) is 4.79 Å². The van der Waals surface area contributed by atoms with Gasteiger partial charge in [-0.1, -0.05) is 6.08 Å². The van der Waals surface area contributed by atoms with Gasteiger partial charge in [-0.3, -0.25) is 4.79 Å². The second-order valence-electron chi connectivity index (χ2n) is 1.83. The van der Waals surface area contributed by atoms with Crippen LogP contribution in [0.2, 0.25) is 0 Å². The lowest BCUT2D eigenvalue weighted by atomic mass is 10.2. The van der Waals surface area contributed by atoms with Gasteiger partial charge in [-0.15, -0.1) is 23.4 Å². The van der Waals surface area contributed by atoms with E-state index in [0.29, 0.717) is 0 Å². The molecule has 1 aliphatic heterocycles. The van der Waals surface area contributed by atoms with Crippen LogP contribution in [-0.2, 0) is 4.79 Å². The van der Waals surface area contributed by atoms with Crippen LogP contribution in [0.3, 0.4) is 0 Å². The van der Waals surface area contributed by atoms with E-state index in [1.165, 1.54) is 0 Å². The van der Waals surface area contributed by atoms with Gasteiger partial charge >= 0.3 is 0 Å². The molecule has 0 saturated carbocycles. The summed E-state index contributed by atoms with van der Waals surface area (Å²) in [6.07, 6.45) is 2.86. The SMILES string of the molecule is O=C(CCl)C1CC=CS1. The molecule has 0 N–H and O–H groups in total. The van der Waals surface area contributed by atoms with Crippen molar-refractivity contribution < 1.29 is 4.79 Å². The smallest absolute Gasteiger partial charge is 0.161 e. The number of carbonyl (C=O) groups excluding carboxylic acids is 1. The highest BCUT2D eigenvalue weighted by atomic mass is 35.5. The quantitative estimate of drug-likeness (QED) is 0.577. The van der Waals surface area contributed by atoms with Crippen LogP contribution < -0.4 is 0 Å². The Labute approximate surface area is 63.5 Å². The molecule has 3 heteroatoms. The molecular weight excluding hydrogens is 156 g/mol. The molecule has 0 radical (unpaired) electrons. The van der Waals surface area contributed by atoms with Gasteiger partial charge in [0.1, 0.15) is 0 Å². The van der Waals surface area contributed by atoms with Crippen molar-refractivity contribution in [3.8, 4) is 0 Å². The fraction of sp³-hybridized carbons (Fsp3) is 0.500. The molecule has 0 saturated heterocycles. The average Bonchev–Trinajstić information content (AvgIpc) is 2.37. The number of halogens is 1. The van der Waals surface area contributed by atoms with Crippen molar-refractivity contribution in [2.45, 2.75) is 11.7 Å². The summed E-state index contributed by atoms with van der Waals surface area (Å²) in [6, 6.07) is 0. The molecule has 9 heavy (non-hydrogen) atoms. The minimum Gasteiger partial charge on any atom is -0.297 e. The first kappa shape index (κ1) is 7.16. The highest BCUT2D eigenvalue weighted by Crippen LogP contribution is 2.24. The summed E-state index contributed by atoms with van der Waals surface area (Å²) in [5.41, 5.74) is 0. The zero-order valence-electron chi connectivity index (χ0n) is 4.84. The summed E-state index contributed by atoms with van der Waals surface area (Å²) >= 11 is 6.90. The Kier molecular flexibility index (Phi) is 2.61. The predicted octanol–water partition coefficient (Wildman–Crippen LogP) is 1.81. The van der Waals surface area contributed by atoms with Gasteiger partial charge in [0.15, 0.2) is 5.78 Å². The second kappa shape index (κ2) is 3.28. The van der Waals surface area contributed by atoms with Crippen LogP contribution in [0.5, 0.6) is 0 Å². The van der Waals surface area contributed by atoms with Crippen LogP contribution in [0.15, 0.2) is 11.5 Å². The van der Waals surface area contributed by atoms with Crippen molar-refractivity contribution in [1.29, 1.82) is 0 Å². The first-order chi connectivity index (χ1) is 4.34. The number of alkyl halides is 1. The topological polar surface area (TPSA) is 17.1 Å². The summed E-state index contributed by atoms with van der Waals surface area (Å²) in [5, 5.41) is 2.07.